The van der Waals surface area contributed by atoms with Crippen molar-refractivity contribution < 1.29 is 24.2 Å². The zero-order valence-electron chi connectivity index (χ0n) is 17.4. The number of ketones is 1. The van der Waals surface area contributed by atoms with Crippen LogP contribution in [0.2, 0.25) is 0 Å². The van der Waals surface area contributed by atoms with E-state index in [0.29, 0.717) is 43.2 Å². The van der Waals surface area contributed by atoms with Crippen molar-refractivity contribution in [2.75, 3.05) is 46.5 Å². The monoisotopic (exact) mass is 423 g/mol. The minimum atomic E-state index is -0.707. The number of carbonyl (C=O) groups excluding carboxylic acids is 2. The summed E-state index contributed by atoms with van der Waals surface area (Å²) >= 11 is 0. The van der Waals surface area contributed by atoms with Crippen molar-refractivity contribution in [3.63, 3.8) is 0 Å². The van der Waals surface area contributed by atoms with E-state index < -0.39 is 17.7 Å². The van der Waals surface area contributed by atoms with Crippen molar-refractivity contribution in [1.29, 1.82) is 0 Å². The maximum atomic E-state index is 13.0. The van der Waals surface area contributed by atoms with E-state index in [1.165, 1.54) is 12.0 Å². The van der Waals surface area contributed by atoms with Gasteiger partial charge in [-0.25, -0.2) is 0 Å². The molecule has 0 aliphatic carbocycles. The third-order valence-corrected chi connectivity index (χ3v) is 5.64. The summed E-state index contributed by atoms with van der Waals surface area (Å²) in [5, 5.41) is 11.1. The molecule has 0 spiro atoms. The summed E-state index contributed by atoms with van der Waals surface area (Å²) < 4.78 is 10.6. The van der Waals surface area contributed by atoms with Crippen molar-refractivity contribution in [3.8, 4) is 5.75 Å². The number of rotatable bonds is 6. The molecule has 1 N–H and O–H groups in total. The van der Waals surface area contributed by atoms with Gasteiger partial charge in [-0.15, -0.1) is 0 Å². The van der Waals surface area contributed by atoms with E-state index >= 15 is 0 Å². The topological polar surface area (TPSA) is 92.2 Å². The molecule has 3 heterocycles. The lowest BCUT2D eigenvalue weighted by Crippen LogP contribution is -2.42. The zero-order valence-corrected chi connectivity index (χ0v) is 17.4. The number of aromatic nitrogens is 1. The Morgan fingerprint density at radius 3 is 2.71 bits per heavy atom. The van der Waals surface area contributed by atoms with Crippen LogP contribution in [0.5, 0.6) is 5.75 Å². The number of aliphatic hydroxyl groups is 1. The number of nitrogens with zero attached hydrogens (tertiary/aromatic N) is 3. The second kappa shape index (κ2) is 9.28. The summed E-state index contributed by atoms with van der Waals surface area (Å²) in [6.45, 7) is 3.85. The minimum absolute atomic E-state index is 0.0632. The van der Waals surface area contributed by atoms with Gasteiger partial charge in [-0.05, 0) is 23.8 Å². The van der Waals surface area contributed by atoms with Crippen LogP contribution in [-0.4, -0.2) is 78.1 Å². The third kappa shape index (κ3) is 4.30. The van der Waals surface area contributed by atoms with Crippen LogP contribution in [0.1, 0.15) is 17.2 Å². The van der Waals surface area contributed by atoms with Crippen LogP contribution in [0.15, 0.2) is 54.4 Å². The average Bonchev–Trinajstić information content (AvgIpc) is 3.08. The minimum Gasteiger partial charge on any atom is -0.507 e. The zero-order chi connectivity index (χ0) is 21.8. The number of amides is 1. The fraction of sp³-hybridized carbons (Fsp3) is 0.348. The van der Waals surface area contributed by atoms with Gasteiger partial charge in [0.25, 0.3) is 11.7 Å². The normalized spacial score (nSPS) is 21.5. The van der Waals surface area contributed by atoms with Crippen LogP contribution in [0, 0.1) is 0 Å². The number of hydrogen-bond acceptors (Lipinski definition) is 7. The van der Waals surface area contributed by atoms with Crippen LogP contribution >= 0.6 is 0 Å². The van der Waals surface area contributed by atoms with Gasteiger partial charge >= 0.3 is 0 Å². The molecule has 4 rings (SSSR count). The van der Waals surface area contributed by atoms with E-state index in [1.54, 1.807) is 42.7 Å². The quantitative estimate of drug-likeness (QED) is 0.431. The maximum Gasteiger partial charge on any atom is 0.295 e. The highest BCUT2D eigenvalue weighted by Gasteiger charge is 2.46. The Balaban J connectivity index is 1.72. The highest BCUT2D eigenvalue weighted by atomic mass is 16.5. The van der Waals surface area contributed by atoms with Gasteiger partial charge in [0.1, 0.15) is 11.5 Å². The Morgan fingerprint density at radius 2 is 2.00 bits per heavy atom. The number of Topliss-reactive ketones (excluding diaryl/α,β-unsaturated/α-hetero) is 1. The number of ether oxygens (including phenoxy) is 2. The molecule has 2 aromatic rings. The van der Waals surface area contributed by atoms with Crippen LogP contribution in [0.25, 0.3) is 5.76 Å². The van der Waals surface area contributed by atoms with Gasteiger partial charge in [-0.1, -0.05) is 18.2 Å². The highest BCUT2D eigenvalue weighted by molar-refractivity contribution is 6.46. The lowest BCUT2D eigenvalue weighted by Gasteiger charge is -2.30. The average molecular weight is 423 g/mol. The molecule has 1 aromatic carbocycles. The molecule has 31 heavy (non-hydrogen) atoms. The maximum absolute atomic E-state index is 13.0. The summed E-state index contributed by atoms with van der Waals surface area (Å²) in [6.07, 6.45) is 3.25. The smallest absolute Gasteiger partial charge is 0.295 e. The van der Waals surface area contributed by atoms with E-state index in [0.717, 1.165) is 13.1 Å². The molecule has 0 saturated carbocycles. The molecule has 162 valence electrons. The fourth-order valence-corrected chi connectivity index (χ4v) is 3.99. The van der Waals surface area contributed by atoms with Crippen molar-refractivity contribution in [2.24, 2.45) is 0 Å². The van der Waals surface area contributed by atoms with Crippen LogP contribution in [0.4, 0.5) is 0 Å². The molecular formula is C23H25N3O5. The fourth-order valence-electron chi connectivity index (χ4n) is 3.99. The van der Waals surface area contributed by atoms with Gasteiger partial charge in [0.2, 0.25) is 0 Å². The molecule has 1 atom stereocenters. The first-order valence-corrected chi connectivity index (χ1v) is 10.2. The Bertz CT molecular complexity index is 986. The van der Waals surface area contributed by atoms with Crippen LogP contribution in [0.3, 0.4) is 0 Å². The van der Waals surface area contributed by atoms with E-state index in [4.69, 9.17) is 9.47 Å². The molecule has 1 amide bonds. The van der Waals surface area contributed by atoms with Gasteiger partial charge in [0.15, 0.2) is 0 Å². The van der Waals surface area contributed by atoms with E-state index in [1.807, 2.05) is 6.07 Å². The number of carbonyl (C=O) groups is 2. The molecule has 2 saturated heterocycles. The van der Waals surface area contributed by atoms with E-state index in [-0.39, 0.29) is 11.3 Å². The molecule has 0 radical (unpaired) electrons. The van der Waals surface area contributed by atoms with Crippen LogP contribution in [-0.2, 0) is 14.3 Å². The molecule has 0 unspecified atom stereocenters. The SMILES string of the molecule is COc1cccc(C(O)=C2C(=O)C(=O)N(CCN3CCOCC3)[C@@H]2c2cccnc2)c1. The van der Waals surface area contributed by atoms with Crippen molar-refractivity contribution >= 4 is 17.4 Å². The molecular weight excluding hydrogens is 398 g/mol. The molecule has 8 nitrogen and oxygen atoms in total. The van der Waals surface area contributed by atoms with E-state index in [2.05, 4.69) is 9.88 Å². The first kappa shape index (κ1) is 21.0. The number of benzene rings is 1. The van der Waals surface area contributed by atoms with E-state index in [9.17, 15) is 14.7 Å². The Kier molecular flexibility index (Phi) is 6.29. The predicted octanol–water partition coefficient (Wildman–Crippen LogP) is 1.84. The first-order valence-electron chi connectivity index (χ1n) is 10.2. The van der Waals surface area contributed by atoms with Crippen molar-refractivity contribution in [3.05, 3.63) is 65.5 Å². The number of hydrogen-bond donors (Lipinski definition) is 1. The number of pyridine rings is 1. The van der Waals surface area contributed by atoms with Crippen molar-refractivity contribution in [1.82, 2.24) is 14.8 Å². The molecule has 2 fully saturated rings. The lowest BCUT2D eigenvalue weighted by atomic mass is 9.96. The van der Waals surface area contributed by atoms with Gasteiger partial charge < -0.3 is 19.5 Å². The molecule has 8 heteroatoms. The highest BCUT2D eigenvalue weighted by Crippen LogP contribution is 2.39. The summed E-state index contributed by atoms with van der Waals surface area (Å²) in [7, 11) is 1.53. The van der Waals surface area contributed by atoms with Crippen LogP contribution < -0.4 is 4.74 Å². The van der Waals surface area contributed by atoms with Gasteiger partial charge in [-0.3, -0.25) is 19.5 Å². The molecule has 2 aliphatic heterocycles. The Hall–Kier alpha value is -3.23. The molecule has 2 aliphatic rings. The summed E-state index contributed by atoms with van der Waals surface area (Å²) in [5.74, 6) is -0.994. The Labute approximate surface area is 180 Å². The number of morpholine rings is 1. The largest absolute Gasteiger partial charge is 0.507 e. The van der Waals surface area contributed by atoms with Crippen molar-refractivity contribution in [2.45, 2.75) is 6.04 Å². The number of methoxy groups -OCH3 is 1. The van der Waals surface area contributed by atoms with Gasteiger partial charge in [0.05, 0.1) is 31.9 Å². The lowest BCUT2D eigenvalue weighted by molar-refractivity contribution is -0.140. The third-order valence-electron chi connectivity index (χ3n) is 5.64. The standard InChI is InChI=1S/C23H25N3O5/c1-30-18-6-2-4-16(14-18)21(27)19-20(17-5-3-7-24-15-17)26(23(29)22(19)28)9-8-25-10-12-31-13-11-25/h2-7,14-15,20,27H,8-13H2,1H3/t20-/m1/s1. The number of likely N-dealkylation sites (tertiary alicyclic amines) is 1. The Morgan fingerprint density at radius 1 is 1.19 bits per heavy atom. The first-order chi connectivity index (χ1) is 15.1. The molecule has 1 aromatic heterocycles. The van der Waals surface area contributed by atoms with Gasteiger partial charge in [0, 0.05) is 44.1 Å². The summed E-state index contributed by atoms with van der Waals surface area (Å²) in [6, 6.07) is 9.64. The second-order valence-electron chi connectivity index (χ2n) is 7.46. The summed E-state index contributed by atoms with van der Waals surface area (Å²) in [4.78, 5) is 33.9. The molecule has 0 bridgehead atoms. The predicted molar refractivity (Wildman–Crippen MR) is 113 cm³/mol. The summed E-state index contributed by atoms with van der Waals surface area (Å²) in [5.41, 5.74) is 1.15. The second-order valence-corrected chi connectivity index (χ2v) is 7.46. The van der Waals surface area contributed by atoms with Gasteiger partial charge in [-0.2, -0.15) is 0 Å². The number of aliphatic hydroxyl groups excluding tert-OH is 1.